The summed E-state index contributed by atoms with van der Waals surface area (Å²) < 4.78 is 4.73. The highest BCUT2D eigenvalue weighted by Crippen LogP contribution is 2.40. The van der Waals surface area contributed by atoms with Gasteiger partial charge in [0.25, 0.3) is 0 Å². The van der Waals surface area contributed by atoms with Gasteiger partial charge in [0.1, 0.15) is 5.65 Å². The van der Waals surface area contributed by atoms with Gasteiger partial charge in [-0.05, 0) is 77.9 Å². The smallest absolute Gasteiger partial charge is 0.164 e. The summed E-state index contributed by atoms with van der Waals surface area (Å²) in [6.07, 6.45) is 1.87. The van der Waals surface area contributed by atoms with E-state index in [2.05, 4.69) is 89.5 Å². The molecule has 0 atom stereocenters. The summed E-state index contributed by atoms with van der Waals surface area (Å²) in [6.45, 7) is 0. The van der Waals surface area contributed by atoms with E-state index in [-0.39, 0.29) is 0 Å². The topological polar surface area (TPSA) is 56.5 Å². The number of aromatic nitrogens is 5. The molecule has 0 radical (unpaired) electrons. The summed E-state index contributed by atoms with van der Waals surface area (Å²) in [6, 6.07) is 55.0. The van der Waals surface area contributed by atoms with Gasteiger partial charge in [-0.1, -0.05) is 91.0 Å². The second kappa shape index (κ2) is 11.6. The van der Waals surface area contributed by atoms with Crippen LogP contribution in [-0.4, -0.2) is 24.5 Å². The number of para-hydroxylation sites is 1. The van der Waals surface area contributed by atoms with Crippen molar-refractivity contribution in [3.05, 3.63) is 164 Å². The number of nitrogens with zero attached hydrogens (tertiary/aromatic N) is 5. The molecule has 6 aromatic carbocycles. The van der Waals surface area contributed by atoms with Crippen molar-refractivity contribution in [2.45, 2.75) is 0 Å². The molecule has 0 saturated carbocycles. The normalized spacial score (nSPS) is 11.6. The molecule has 0 aliphatic rings. The van der Waals surface area contributed by atoms with Crippen molar-refractivity contribution >= 4 is 53.4 Å². The number of pyridine rings is 1. The van der Waals surface area contributed by atoms with E-state index in [0.717, 1.165) is 38.9 Å². The minimum absolute atomic E-state index is 0.656. The van der Waals surface area contributed by atoms with E-state index in [1.165, 1.54) is 36.7 Å². The quantitative estimate of drug-likeness (QED) is 0.185. The summed E-state index contributed by atoms with van der Waals surface area (Å²) in [5.41, 5.74) is 8.42. The Balaban J connectivity index is 1.11. The van der Waals surface area contributed by atoms with E-state index >= 15 is 0 Å². The van der Waals surface area contributed by atoms with Crippen LogP contribution in [0.4, 0.5) is 0 Å². The molecule has 4 aromatic heterocycles. The third-order valence-electron chi connectivity index (χ3n) is 9.30. The van der Waals surface area contributed by atoms with Crippen LogP contribution in [0.2, 0.25) is 0 Å². The third-order valence-corrected chi connectivity index (χ3v) is 10.5. The zero-order valence-corrected chi connectivity index (χ0v) is 27.5. The maximum absolute atomic E-state index is 4.99. The molecule has 50 heavy (non-hydrogen) atoms. The first-order valence-corrected chi connectivity index (χ1v) is 17.4. The highest BCUT2D eigenvalue weighted by atomic mass is 32.1. The van der Waals surface area contributed by atoms with Gasteiger partial charge in [-0.3, -0.25) is 4.57 Å². The largest absolute Gasteiger partial charge is 0.294 e. The average Bonchev–Trinajstić information content (AvgIpc) is 3.73. The molecule has 0 aliphatic carbocycles. The Hall–Kier alpha value is -6.50. The van der Waals surface area contributed by atoms with Gasteiger partial charge in [-0.25, -0.2) is 19.9 Å². The van der Waals surface area contributed by atoms with Crippen molar-refractivity contribution in [3.63, 3.8) is 0 Å². The molecule has 0 unspecified atom stereocenters. The lowest BCUT2D eigenvalue weighted by molar-refractivity contribution is 1.07. The second-order valence-electron chi connectivity index (χ2n) is 12.3. The lowest BCUT2D eigenvalue weighted by Crippen LogP contribution is -2.00. The lowest BCUT2D eigenvalue weighted by Gasteiger charge is -2.09. The highest BCUT2D eigenvalue weighted by Gasteiger charge is 2.16. The molecule has 234 valence electrons. The molecule has 4 heterocycles. The van der Waals surface area contributed by atoms with E-state index in [1.54, 1.807) is 0 Å². The molecule has 0 fully saturated rings. The fraction of sp³-hybridized carbons (Fsp3) is 0. The van der Waals surface area contributed by atoms with E-state index in [4.69, 9.17) is 19.9 Å². The van der Waals surface area contributed by atoms with Crippen molar-refractivity contribution in [2.24, 2.45) is 0 Å². The maximum atomic E-state index is 4.99. The Kier molecular flexibility index (Phi) is 6.60. The van der Waals surface area contributed by atoms with Gasteiger partial charge < -0.3 is 0 Å². The molecule has 0 saturated heterocycles. The van der Waals surface area contributed by atoms with Crippen molar-refractivity contribution in [1.82, 2.24) is 24.5 Å². The Morgan fingerprint density at radius 1 is 0.400 bits per heavy atom. The van der Waals surface area contributed by atoms with Crippen molar-refractivity contribution in [3.8, 4) is 51.0 Å². The predicted octanol–water partition coefficient (Wildman–Crippen LogP) is 11.4. The fourth-order valence-electron chi connectivity index (χ4n) is 6.90. The molecule has 0 N–H and O–H groups in total. The number of rotatable bonds is 5. The Bertz CT molecular complexity index is 2800. The van der Waals surface area contributed by atoms with Crippen LogP contribution in [0, 0.1) is 0 Å². The fourth-order valence-corrected chi connectivity index (χ4v) is 7.96. The van der Waals surface area contributed by atoms with Gasteiger partial charge in [0, 0.05) is 59.5 Å². The van der Waals surface area contributed by atoms with Crippen LogP contribution in [0.5, 0.6) is 0 Å². The predicted molar refractivity (Wildman–Crippen MR) is 207 cm³/mol. The van der Waals surface area contributed by atoms with Crippen LogP contribution < -0.4 is 0 Å². The number of hydrogen-bond acceptors (Lipinski definition) is 5. The van der Waals surface area contributed by atoms with Crippen molar-refractivity contribution < 1.29 is 0 Å². The summed E-state index contributed by atoms with van der Waals surface area (Å²) in [4.78, 5) is 19.6. The minimum Gasteiger partial charge on any atom is -0.294 e. The van der Waals surface area contributed by atoms with Crippen LogP contribution in [0.3, 0.4) is 0 Å². The molecule has 5 nitrogen and oxygen atoms in total. The minimum atomic E-state index is 0.656. The molecule has 0 amide bonds. The third kappa shape index (κ3) is 4.77. The van der Waals surface area contributed by atoms with Gasteiger partial charge in [-0.2, -0.15) is 0 Å². The first-order chi connectivity index (χ1) is 24.8. The summed E-state index contributed by atoms with van der Waals surface area (Å²) in [7, 11) is 0. The molecular weight excluding hydrogens is 631 g/mol. The molecule has 10 aromatic rings. The zero-order chi connectivity index (χ0) is 33.0. The van der Waals surface area contributed by atoms with E-state index in [1.807, 2.05) is 90.3 Å². The molecule has 0 aliphatic heterocycles. The number of benzene rings is 6. The van der Waals surface area contributed by atoms with Crippen LogP contribution in [0.1, 0.15) is 0 Å². The molecular formula is C44H27N5S. The van der Waals surface area contributed by atoms with Gasteiger partial charge in [-0.15, -0.1) is 11.3 Å². The van der Waals surface area contributed by atoms with Crippen LogP contribution in [0.25, 0.3) is 93.1 Å². The average molecular weight is 658 g/mol. The number of thiophene rings is 1. The van der Waals surface area contributed by atoms with Gasteiger partial charge in [0.2, 0.25) is 0 Å². The van der Waals surface area contributed by atoms with Gasteiger partial charge in [0.05, 0.1) is 5.52 Å². The monoisotopic (exact) mass is 657 g/mol. The molecule has 10 rings (SSSR count). The first kappa shape index (κ1) is 28.5. The van der Waals surface area contributed by atoms with Crippen molar-refractivity contribution in [1.29, 1.82) is 0 Å². The Labute approximate surface area is 291 Å². The van der Waals surface area contributed by atoms with E-state index in [9.17, 15) is 0 Å². The van der Waals surface area contributed by atoms with Gasteiger partial charge >= 0.3 is 0 Å². The second-order valence-corrected chi connectivity index (χ2v) is 13.4. The molecule has 0 spiro atoms. The summed E-state index contributed by atoms with van der Waals surface area (Å²) >= 11 is 1.81. The van der Waals surface area contributed by atoms with Crippen molar-refractivity contribution in [2.75, 3.05) is 0 Å². The number of hydrogen-bond donors (Lipinski definition) is 0. The van der Waals surface area contributed by atoms with Crippen LogP contribution >= 0.6 is 11.3 Å². The molecule has 6 heteroatoms. The SMILES string of the molecule is c1ccc(-c2nc(-c3ccccc3)nc(-c3ccc4sc5ccc(-c6ccc7c(c6)c6cccnc6n7-c6ccccc6)cc5c4c3)n2)cc1. The summed E-state index contributed by atoms with van der Waals surface area (Å²) in [5.74, 6) is 1.97. The highest BCUT2D eigenvalue weighted by molar-refractivity contribution is 7.25. The Morgan fingerprint density at radius 3 is 1.56 bits per heavy atom. The summed E-state index contributed by atoms with van der Waals surface area (Å²) in [5, 5.41) is 4.74. The lowest BCUT2D eigenvalue weighted by atomic mass is 10.0. The number of fused-ring (bicyclic) bond motifs is 6. The first-order valence-electron chi connectivity index (χ1n) is 16.6. The molecule has 0 bridgehead atoms. The van der Waals surface area contributed by atoms with Crippen LogP contribution in [0.15, 0.2) is 164 Å². The zero-order valence-electron chi connectivity index (χ0n) is 26.7. The van der Waals surface area contributed by atoms with Gasteiger partial charge in [0.15, 0.2) is 17.5 Å². The standard InChI is InChI=1S/C44H27N5S/c1-4-11-28(12-5-1)41-46-42(29-13-6-2-7-14-29)48-43(47-41)32-20-23-40-37(27-32)36-26-31(19-22-39(36)50-40)30-18-21-38-35(25-30)34-17-10-24-45-44(34)49(38)33-15-8-3-9-16-33/h1-27H. The maximum Gasteiger partial charge on any atom is 0.164 e. The van der Waals surface area contributed by atoms with E-state index < -0.39 is 0 Å². The van der Waals surface area contributed by atoms with Crippen LogP contribution in [-0.2, 0) is 0 Å². The Morgan fingerprint density at radius 2 is 0.920 bits per heavy atom. The van der Waals surface area contributed by atoms with E-state index in [0.29, 0.717) is 17.5 Å².